The van der Waals surface area contributed by atoms with Crippen LogP contribution in [0.2, 0.25) is 0 Å². The Morgan fingerprint density at radius 3 is 2.95 bits per heavy atom. The van der Waals surface area contributed by atoms with Crippen molar-refractivity contribution in [2.24, 2.45) is 5.92 Å². The van der Waals surface area contributed by atoms with E-state index in [1.54, 1.807) is 0 Å². The summed E-state index contributed by atoms with van der Waals surface area (Å²) in [7, 11) is 2.09. The second-order valence-corrected chi connectivity index (χ2v) is 7.05. The SMILES string of the molecule is CNC1CSCC1Cc1ccn(C2CCCCC2)n1. The molecule has 1 aliphatic heterocycles. The second kappa shape index (κ2) is 6.31. The molecule has 1 saturated heterocycles. The van der Waals surface area contributed by atoms with E-state index in [1.165, 1.54) is 49.3 Å². The van der Waals surface area contributed by atoms with Gasteiger partial charge in [-0.2, -0.15) is 16.9 Å². The largest absolute Gasteiger partial charge is 0.316 e. The average Bonchev–Trinajstić information content (AvgIpc) is 3.09. The molecule has 0 spiro atoms. The molecule has 3 nitrogen and oxygen atoms in total. The quantitative estimate of drug-likeness (QED) is 0.919. The number of hydrogen-bond donors (Lipinski definition) is 1. The molecule has 1 N–H and O–H groups in total. The van der Waals surface area contributed by atoms with Crippen molar-refractivity contribution in [3.8, 4) is 0 Å². The summed E-state index contributed by atoms with van der Waals surface area (Å²) in [6, 6.07) is 3.58. The minimum Gasteiger partial charge on any atom is -0.316 e. The van der Waals surface area contributed by atoms with Crippen LogP contribution in [-0.2, 0) is 6.42 Å². The van der Waals surface area contributed by atoms with E-state index in [-0.39, 0.29) is 0 Å². The van der Waals surface area contributed by atoms with Gasteiger partial charge in [0.05, 0.1) is 11.7 Å². The maximum absolute atomic E-state index is 4.85. The molecule has 2 unspecified atom stereocenters. The zero-order chi connectivity index (χ0) is 13.1. The van der Waals surface area contributed by atoms with Crippen molar-refractivity contribution in [2.75, 3.05) is 18.6 Å². The first-order valence-electron chi connectivity index (χ1n) is 7.66. The molecule has 1 saturated carbocycles. The Balaban J connectivity index is 1.61. The van der Waals surface area contributed by atoms with Gasteiger partial charge in [-0.25, -0.2) is 0 Å². The standard InChI is InChI=1S/C15H25N3S/c1-16-15-11-19-10-12(15)9-13-7-8-18(17-13)14-5-3-2-4-6-14/h7-8,12,14-16H,2-6,9-11H2,1H3. The summed E-state index contributed by atoms with van der Waals surface area (Å²) in [6.07, 6.45) is 10.1. The van der Waals surface area contributed by atoms with Gasteiger partial charge in [-0.3, -0.25) is 4.68 Å². The van der Waals surface area contributed by atoms with E-state index < -0.39 is 0 Å². The Kier molecular flexibility index (Phi) is 4.49. The van der Waals surface area contributed by atoms with E-state index in [0.717, 1.165) is 12.3 Å². The Morgan fingerprint density at radius 1 is 1.32 bits per heavy atom. The van der Waals surface area contributed by atoms with Crippen molar-refractivity contribution in [3.63, 3.8) is 0 Å². The Hall–Kier alpha value is -0.480. The summed E-state index contributed by atoms with van der Waals surface area (Å²) in [5.74, 6) is 3.29. The van der Waals surface area contributed by atoms with Crippen LogP contribution >= 0.6 is 11.8 Å². The lowest BCUT2D eigenvalue weighted by atomic mass is 9.96. The summed E-state index contributed by atoms with van der Waals surface area (Å²) in [5, 5.41) is 8.29. The normalized spacial score (nSPS) is 28.9. The zero-order valence-corrected chi connectivity index (χ0v) is 12.7. The van der Waals surface area contributed by atoms with Crippen LogP contribution in [0.1, 0.15) is 43.8 Å². The Bertz CT molecular complexity index is 398. The molecule has 1 aromatic rings. The lowest BCUT2D eigenvalue weighted by molar-refractivity contribution is 0.327. The molecule has 2 atom stereocenters. The molecule has 106 valence electrons. The Morgan fingerprint density at radius 2 is 2.16 bits per heavy atom. The first-order chi connectivity index (χ1) is 9.36. The molecule has 2 fully saturated rings. The fourth-order valence-electron chi connectivity index (χ4n) is 3.42. The molecule has 1 aliphatic carbocycles. The first-order valence-corrected chi connectivity index (χ1v) is 8.81. The van der Waals surface area contributed by atoms with Gasteiger partial charge in [0.1, 0.15) is 0 Å². The average molecular weight is 279 g/mol. The topological polar surface area (TPSA) is 29.9 Å². The smallest absolute Gasteiger partial charge is 0.0628 e. The van der Waals surface area contributed by atoms with Gasteiger partial charge in [0, 0.05) is 18.0 Å². The number of nitrogens with one attached hydrogen (secondary N) is 1. The highest BCUT2D eigenvalue weighted by Crippen LogP contribution is 2.29. The predicted octanol–water partition coefficient (Wildman–Crippen LogP) is 2.88. The van der Waals surface area contributed by atoms with Crippen molar-refractivity contribution in [1.29, 1.82) is 0 Å². The van der Waals surface area contributed by atoms with E-state index in [2.05, 4.69) is 41.1 Å². The zero-order valence-electron chi connectivity index (χ0n) is 11.8. The van der Waals surface area contributed by atoms with Crippen molar-refractivity contribution >= 4 is 11.8 Å². The fourth-order valence-corrected chi connectivity index (χ4v) is 4.90. The Labute approximate surface area is 120 Å². The molecule has 0 radical (unpaired) electrons. The fraction of sp³-hybridized carbons (Fsp3) is 0.800. The van der Waals surface area contributed by atoms with Crippen molar-refractivity contribution in [2.45, 2.75) is 50.6 Å². The molecule has 1 aromatic heterocycles. The number of hydrogen-bond acceptors (Lipinski definition) is 3. The van der Waals surface area contributed by atoms with Crippen LogP contribution < -0.4 is 5.32 Å². The van der Waals surface area contributed by atoms with Gasteiger partial charge in [-0.1, -0.05) is 19.3 Å². The molecule has 3 rings (SSSR count). The van der Waals surface area contributed by atoms with Gasteiger partial charge in [0.2, 0.25) is 0 Å². The van der Waals surface area contributed by atoms with Crippen LogP contribution in [0.3, 0.4) is 0 Å². The molecule has 19 heavy (non-hydrogen) atoms. The van der Waals surface area contributed by atoms with Crippen molar-refractivity contribution in [3.05, 3.63) is 18.0 Å². The van der Waals surface area contributed by atoms with Crippen LogP contribution in [-0.4, -0.2) is 34.4 Å². The second-order valence-electron chi connectivity index (χ2n) is 5.98. The molecule has 4 heteroatoms. The number of nitrogens with zero attached hydrogens (tertiary/aromatic N) is 2. The maximum Gasteiger partial charge on any atom is 0.0628 e. The van der Waals surface area contributed by atoms with Gasteiger partial charge in [-0.05, 0) is 44.0 Å². The third-order valence-electron chi connectivity index (χ3n) is 4.65. The molecule has 2 aliphatic rings. The van der Waals surface area contributed by atoms with E-state index in [0.29, 0.717) is 12.1 Å². The minimum absolute atomic E-state index is 0.667. The first kappa shape index (κ1) is 13.5. The molecule has 0 amide bonds. The van der Waals surface area contributed by atoms with Crippen molar-refractivity contribution in [1.82, 2.24) is 15.1 Å². The molecular weight excluding hydrogens is 254 g/mol. The van der Waals surface area contributed by atoms with Crippen molar-refractivity contribution < 1.29 is 0 Å². The highest BCUT2D eigenvalue weighted by molar-refractivity contribution is 7.99. The van der Waals surface area contributed by atoms with E-state index in [1.807, 2.05) is 0 Å². The maximum atomic E-state index is 4.85. The summed E-state index contributed by atoms with van der Waals surface area (Å²) < 4.78 is 2.24. The summed E-state index contributed by atoms with van der Waals surface area (Å²) >= 11 is 2.07. The molecular formula is C15H25N3S. The highest BCUT2D eigenvalue weighted by Gasteiger charge is 2.27. The predicted molar refractivity (Wildman–Crippen MR) is 81.7 cm³/mol. The van der Waals surface area contributed by atoms with Gasteiger partial charge < -0.3 is 5.32 Å². The summed E-state index contributed by atoms with van der Waals surface area (Å²) in [4.78, 5) is 0. The van der Waals surface area contributed by atoms with Gasteiger partial charge in [0.15, 0.2) is 0 Å². The van der Waals surface area contributed by atoms with Crippen LogP contribution in [0.5, 0.6) is 0 Å². The minimum atomic E-state index is 0.667. The van der Waals surface area contributed by atoms with Crippen LogP contribution in [0.15, 0.2) is 12.3 Å². The molecule has 0 aromatic carbocycles. The van der Waals surface area contributed by atoms with Gasteiger partial charge in [-0.15, -0.1) is 0 Å². The number of rotatable bonds is 4. The van der Waals surface area contributed by atoms with Gasteiger partial charge in [0.25, 0.3) is 0 Å². The highest BCUT2D eigenvalue weighted by atomic mass is 32.2. The van der Waals surface area contributed by atoms with Crippen LogP contribution in [0.25, 0.3) is 0 Å². The molecule has 0 bridgehead atoms. The van der Waals surface area contributed by atoms with Gasteiger partial charge >= 0.3 is 0 Å². The number of aromatic nitrogens is 2. The van der Waals surface area contributed by atoms with E-state index in [9.17, 15) is 0 Å². The monoisotopic (exact) mass is 279 g/mol. The molecule has 2 heterocycles. The van der Waals surface area contributed by atoms with Crippen LogP contribution in [0, 0.1) is 5.92 Å². The lowest BCUT2D eigenvalue weighted by Gasteiger charge is -2.22. The summed E-state index contributed by atoms with van der Waals surface area (Å²) in [5.41, 5.74) is 1.29. The van der Waals surface area contributed by atoms with Crippen LogP contribution in [0.4, 0.5) is 0 Å². The lowest BCUT2D eigenvalue weighted by Crippen LogP contribution is -2.33. The third kappa shape index (κ3) is 3.16. The number of thioether (sulfide) groups is 1. The van der Waals surface area contributed by atoms with E-state index in [4.69, 9.17) is 5.10 Å². The third-order valence-corrected chi connectivity index (χ3v) is 5.91. The summed E-state index contributed by atoms with van der Waals surface area (Å²) in [6.45, 7) is 0. The van der Waals surface area contributed by atoms with E-state index >= 15 is 0 Å².